The van der Waals surface area contributed by atoms with E-state index in [1.54, 1.807) is 0 Å². The van der Waals surface area contributed by atoms with E-state index in [9.17, 15) is 18.0 Å². The number of rotatable bonds is 4. The van der Waals surface area contributed by atoms with Gasteiger partial charge in [0, 0.05) is 12.0 Å². The Morgan fingerprint density at radius 2 is 2.07 bits per heavy atom. The van der Waals surface area contributed by atoms with Gasteiger partial charge in [-0.05, 0) is 24.6 Å². The van der Waals surface area contributed by atoms with Crippen LogP contribution in [0.4, 0.5) is 13.2 Å². The smallest absolute Gasteiger partial charge is 0.310 e. The van der Waals surface area contributed by atoms with Crippen LogP contribution in [-0.2, 0) is 16.7 Å². The average Bonchev–Trinajstić information content (AvgIpc) is 2.60. The number of carbonyl (C=O) groups is 1. The summed E-state index contributed by atoms with van der Waals surface area (Å²) in [6.45, 7) is 0.00529. The van der Waals surface area contributed by atoms with Crippen molar-refractivity contribution in [1.82, 2.24) is 9.97 Å². The van der Waals surface area contributed by atoms with E-state index in [-0.39, 0.29) is 28.0 Å². The molecule has 0 amide bonds. The van der Waals surface area contributed by atoms with Gasteiger partial charge in [-0.15, -0.1) is 0 Å². The first-order valence-electron chi connectivity index (χ1n) is 7.89. The average molecular weight is 433 g/mol. The molecule has 0 bridgehead atoms. The molecular formula is C17H13Cl2F3N4O2. The van der Waals surface area contributed by atoms with Crippen LogP contribution >= 0.6 is 23.2 Å². The lowest BCUT2D eigenvalue weighted by Crippen LogP contribution is -2.51. The van der Waals surface area contributed by atoms with E-state index < -0.39 is 41.3 Å². The second kappa shape index (κ2) is 7.21. The minimum absolute atomic E-state index is 0.00995. The van der Waals surface area contributed by atoms with Gasteiger partial charge in [-0.1, -0.05) is 29.3 Å². The second-order valence-corrected chi connectivity index (χ2v) is 7.01. The van der Waals surface area contributed by atoms with Crippen LogP contribution in [0, 0.1) is 5.82 Å². The van der Waals surface area contributed by atoms with Crippen LogP contribution < -0.4 is 5.73 Å². The Hall–Kier alpha value is -2.39. The van der Waals surface area contributed by atoms with E-state index in [4.69, 9.17) is 28.9 Å². The number of aliphatic imine (C=N–C) groups is 1. The molecule has 148 valence electrons. The minimum Gasteiger partial charge on any atom is -0.459 e. The number of hydrogen-bond donors (Lipinski definition) is 1. The summed E-state index contributed by atoms with van der Waals surface area (Å²) in [4.78, 5) is 23.6. The molecular weight excluding hydrogens is 420 g/mol. The molecule has 6 nitrogen and oxygen atoms in total. The van der Waals surface area contributed by atoms with E-state index in [1.165, 1.54) is 6.07 Å². The van der Waals surface area contributed by atoms with Gasteiger partial charge in [0.15, 0.2) is 23.1 Å². The highest BCUT2D eigenvalue weighted by atomic mass is 35.5. The standard InChI is InChI=1S/C17H13Cl2F3N4O2/c1-16(17(21,22)7-28-15(23)26-16)9-4-8(2-3-10(9)20)5-11(27)13-14(19)25-12(18)6-24-13/h2-4,6H,5,7H2,1H3,(H2,23,26)/t16-/m1/s1. The van der Waals surface area contributed by atoms with Crippen LogP contribution in [0.5, 0.6) is 0 Å². The summed E-state index contributed by atoms with van der Waals surface area (Å²) < 4.78 is 47.9. The quantitative estimate of drug-likeness (QED) is 0.746. The molecule has 0 saturated carbocycles. The predicted molar refractivity (Wildman–Crippen MR) is 96.4 cm³/mol. The lowest BCUT2D eigenvalue weighted by Gasteiger charge is -2.37. The number of amidine groups is 1. The zero-order valence-electron chi connectivity index (χ0n) is 14.3. The Morgan fingerprint density at radius 1 is 1.36 bits per heavy atom. The maximum Gasteiger partial charge on any atom is 0.310 e. The summed E-state index contributed by atoms with van der Waals surface area (Å²) in [6, 6.07) is 2.94. The lowest BCUT2D eigenvalue weighted by molar-refractivity contribution is -0.117. The third-order valence-corrected chi connectivity index (χ3v) is 4.78. The van der Waals surface area contributed by atoms with Gasteiger partial charge in [0.1, 0.15) is 16.7 Å². The third kappa shape index (κ3) is 3.64. The van der Waals surface area contributed by atoms with E-state index in [0.717, 1.165) is 25.3 Å². The Labute approximate surface area is 167 Å². The van der Waals surface area contributed by atoms with Crippen LogP contribution in [-0.4, -0.2) is 34.3 Å². The minimum atomic E-state index is -3.52. The van der Waals surface area contributed by atoms with E-state index in [2.05, 4.69) is 19.7 Å². The van der Waals surface area contributed by atoms with Crippen molar-refractivity contribution in [3.05, 3.63) is 57.3 Å². The fourth-order valence-electron chi connectivity index (χ4n) is 2.76. The molecule has 2 aromatic rings. The fourth-order valence-corrected chi connectivity index (χ4v) is 3.18. The number of ether oxygens (including phenoxy) is 1. The molecule has 0 spiro atoms. The second-order valence-electron chi connectivity index (χ2n) is 6.26. The highest BCUT2D eigenvalue weighted by molar-refractivity contribution is 6.34. The van der Waals surface area contributed by atoms with Gasteiger partial charge >= 0.3 is 5.92 Å². The number of ketones is 1. The van der Waals surface area contributed by atoms with E-state index in [1.807, 2.05) is 0 Å². The molecule has 1 atom stereocenters. The van der Waals surface area contributed by atoms with E-state index in [0.29, 0.717) is 0 Å². The summed E-state index contributed by atoms with van der Waals surface area (Å²) in [7, 11) is 0. The molecule has 11 heteroatoms. The number of Topliss-reactive ketones (excluding diaryl/α,β-unsaturated/α-hetero) is 1. The monoisotopic (exact) mass is 432 g/mol. The van der Waals surface area contributed by atoms with Gasteiger partial charge in [0.2, 0.25) is 0 Å². The van der Waals surface area contributed by atoms with Crippen molar-refractivity contribution >= 4 is 35.0 Å². The molecule has 1 aliphatic rings. The number of aromatic nitrogens is 2. The van der Waals surface area contributed by atoms with Crippen LogP contribution in [0.25, 0.3) is 0 Å². The normalized spacial score (nSPS) is 21.0. The van der Waals surface area contributed by atoms with Crippen molar-refractivity contribution in [3.8, 4) is 0 Å². The van der Waals surface area contributed by atoms with Crippen LogP contribution in [0.1, 0.15) is 28.5 Å². The number of alkyl halides is 2. The zero-order chi connectivity index (χ0) is 20.7. The topological polar surface area (TPSA) is 90.5 Å². The summed E-state index contributed by atoms with van der Waals surface area (Å²) in [6.07, 6.45) is 0.874. The maximum absolute atomic E-state index is 14.5. The van der Waals surface area contributed by atoms with Crippen LogP contribution in [0.2, 0.25) is 10.3 Å². The molecule has 0 fully saturated rings. The Bertz CT molecular complexity index is 987. The first-order chi connectivity index (χ1) is 13.0. The molecule has 2 heterocycles. The summed E-state index contributed by atoms with van der Waals surface area (Å²) in [5.74, 6) is -4.98. The zero-order valence-corrected chi connectivity index (χ0v) is 15.9. The highest BCUT2D eigenvalue weighted by Gasteiger charge is 2.56. The van der Waals surface area contributed by atoms with Gasteiger partial charge in [-0.3, -0.25) is 4.79 Å². The molecule has 0 radical (unpaired) electrons. The number of nitrogens with two attached hydrogens (primary N) is 1. The fraction of sp³-hybridized carbons (Fsp3) is 0.294. The largest absolute Gasteiger partial charge is 0.459 e. The summed E-state index contributed by atoms with van der Waals surface area (Å²) >= 11 is 11.5. The molecule has 1 aromatic carbocycles. The number of benzene rings is 1. The molecule has 3 rings (SSSR count). The Kier molecular flexibility index (Phi) is 5.24. The van der Waals surface area contributed by atoms with Gasteiger partial charge in [-0.2, -0.15) is 8.78 Å². The summed E-state index contributed by atoms with van der Waals surface area (Å²) in [5, 5.41) is -0.184. The van der Waals surface area contributed by atoms with E-state index >= 15 is 0 Å². The van der Waals surface area contributed by atoms with Crippen LogP contribution in [0.3, 0.4) is 0 Å². The van der Waals surface area contributed by atoms with Crippen molar-refractivity contribution in [2.75, 3.05) is 6.61 Å². The number of nitrogens with zero attached hydrogens (tertiary/aromatic N) is 3. The maximum atomic E-state index is 14.5. The SMILES string of the molecule is C[C@]1(c2cc(CC(=O)c3ncc(Cl)nc3Cl)ccc2F)N=C(N)OCC1(F)F. The van der Waals surface area contributed by atoms with Gasteiger partial charge in [0.05, 0.1) is 6.20 Å². The third-order valence-electron chi connectivity index (χ3n) is 4.33. The predicted octanol–water partition coefficient (Wildman–Crippen LogP) is 3.54. The first kappa shape index (κ1) is 20.3. The van der Waals surface area contributed by atoms with Crippen molar-refractivity contribution in [3.63, 3.8) is 0 Å². The van der Waals surface area contributed by atoms with Crippen molar-refractivity contribution in [1.29, 1.82) is 0 Å². The highest BCUT2D eigenvalue weighted by Crippen LogP contribution is 2.44. The Balaban J connectivity index is 1.98. The van der Waals surface area contributed by atoms with Crippen molar-refractivity contribution < 1.29 is 22.7 Å². The van der Waals surface area contributed by atoms with Crippen molar-refractivity contribution in [2.45, 2.75) is 24.8 Å². The van der Waals surface area contributed by atoms with Crippen molar-refractivity contribution in [2.24, 2.45) is 10.7 Å². The number of halogens is 5. The molecule has 0 aliphatic carbocycles. The van der Waals surface area contributed by atoms with Crippen LogP contribution in [0.15, 0.2) is 29.4 Å². The molecule has 2 N–H and O–H groups in total. The molecule has 0 saturated heterocycles. The number of hydrogen-bond acceptors (Lipinski definition) is 6. The Morgan fingerprint density at radius 3 is 2.75 bits per heavy atom. The number of carbonyl (C=O) groups excluding carboxylic acids is 1. The van der Waals surface area contributed by atoms with Gasteiger partial charge in [-0.25, -0.2) is 19.4 Å². The van der Waals surface area contributed by atoms with Gasteiger partial charge < -0.3 is 10.5 Å². The molecule has 28 heavy (non-hydrogen) atoms. The lowest BCUT2D eigenvalue weighted by atomic mass is 9.84. The molecule has 0 unspecified atom stereocenters. The molecule has 1 aliphatic heterocycles. The van der Waals surface area contributed by atoms with Gasteiger partial charge in [0.25, 0.3) is 6.02 Å². The first-order valence-corrected chi connectivity index (χ1v) is 8.65. The summed E-state index contributed by atoms with van der Waals surface area (Å²) in [5.41, 5.74) is 2.83. The molecule has 1 aromatic heterocycles.